The van der Waals surface area contributed by atoms with Crippen molar-refractivity contribution in [3.8, 4) is 44.5 Å². The van der Waals surface area contributed by atoms with Crippen molar-refractivity contribution in [1.82, 2.24) is 0 Å². The average Bonchev–Trinajstić information content (AvgIpc) is 3.61. The molecule has 53 heavy (non-hydrogen) atoms. The van der Waals surface area contributed by atoms with Crippen LogP contribution in [0.1, 0.15) is 0 Å². The number of fused-ring (bicyclic) bond motifs is 8. The van der Waals surface area contributed by atoms with Gasteiger partial charge in [-0.1, -0.05) is 176 Å². The molecule has 246 valence electrons. The number of benzene rings is 10. The lowest BCUT2D eigenvalue weighted by atomic mass is 9.83. The number of furan rings is 1. The van der Waals surface area contributed by atoms with Gasteiger partial charge in [-0.05, 0) is 106 Å². The van der Waals surface area contributed by atoms with Crippen LogP contribution in [0.15, 0.2) is 199 Å². The van der Waals surface area contributed by atoms with E-state index in [1.54, 1.807) is 0 Å². The Labute approximate surface area is 307 Å². The van der Waals surface area contributed by atoms with E-state index in [9.17, 15) is 0 Å². The summed E-state index contributed by atoms with van der Waals surface area (Å²) in [6.45, 7) is 0. The minimum absolute atomic E-state index is 0.898. The first kappa shape index (κ1) is 29.7. The molecule has 10 aromatic carbocycles. The summed E-state index contributed by atoms with van der Waals surface area (Å²) in [4.78, 5) is 0. The predicted molar refractivity (Wildman–Crippen MR) is 225 cm³/mol. The van der Waals surface area contributed by atoms with E-state index in [-0.39, 0.29) is 0 Å². The van der Waals surface area contributed by atoms with Gasteiger partial charge in [-0.2, -0.15) is 0 Å². The maximum Gasteiger partial charge on any atom is 0.136 e. The monoisotopic (exact) mass is 672 g/mol. The van der Waals surface area contributed by atoms with Crippen LogP contribution in [0.2, 0.25) is 0 Å². The SMILES string of the molecule is c1ccc(-c2ccc3oc4cccc(-c5c6ccccc6c(-c6cccc7c6ccc6cccc(-c8ccccc8)c67)c6ccccc56)c4c3c2)cc1. The molecule has 0 spiro atoms. The lowest BCUT2D eigenvalue weighted by Crippen LogP contribution is -1.92. The summed E-state index contributed by atoms with van der Waals surface area (Å²) >= 11 is 0. The highest BCUT2D eigenvalue weighted by atomic mass is 16.3. The summed E-state index contributed by atoms with van der Waals surface area (Å²) in [5.41, 5.74) is 11.6. The van der Waals surface area contributed by atoms with E-state index in [1.807, 2.05) is 0 Å². The third-order valence-electron chi connectivity index (χ3n) is 11.1. The highest BCUT2D eigenvalue weighted by Gasteiger charge is 2.22. The average molecular weight is 673 g/mol. The van der Waals surface area contributed by atoms with Gasteiger partial charge < -0.3 is 4.42 Å². The fourth-order valence-corrected chi connectivity index (χ4v) is 8.78. The topological polar surface area (TPSA) is 13.1 Å². The molecule has 0 saturated heterocycles. The lowest BCUT2D eigenvalue weighted by Gasteiger charge is -2.20. The Morgan fingerprint density at radius 2 is 0.830 bits per heavy atom. The van der Waals surface area contributed by atoms with E-state index in [2.05, 4.69) is 194 Å². The zero-order valence-corrected chi connectivity index (χ0v) is 28.9. The molecule has 11 aromatic rings. The van der Waals surface area contributed by atoms with E-state index >= 15 is 0 Å². The van der Waals surface area contributed by atoms with Gasteiger partial charge in [-0.3, -0.25) is 0 Å². The second-order valence-corrected chi connectivity index (χ2v) is 13.9. The van der Waals surface area contributed by atoms with Crippen molar-refractivity contribution in [3.05, 3.63) is 194 Å². The summed E-state index contributed by atoms with van der Waals surface area (Å²) in [6, 6.07) is 70.5. The van der Waals surface area contributed by atoms with Crippen LogP contribution in [-0.4, -0.2) is 0 Å². The van der Waals surface area contributed by atoms with Crippen LogP contribution >= 0.6 is 0 Å². The van der Waals surface area contributed by atoms with Crippen LogP contribution in [0.3, 0.4) is 0 Å². The maximum absolute atomic E-state index is 6.55. The number of hydrogen-bond acceptors (Lipinski definition) is 1. The van der Waals surface area contributed by atoms with Gasteiger partial charge in [0.2, 0.25) is 0 Å². The van der Waals surface area contributed by atoms with Gasteiger partial charge in [0.05, 0.1) is 0 Å². The molecule has 0 saturated carbocycles. The minimum atomic E-state index is 0.898. The van der Waals surface area contributed by atoms with Crippen molar-refractivity contribution in [2.75, 3.05) is 0 Å². The van der Waals surface area contributed by atoms with Gasteiger partial charge in [0.1, 0.15) is 11.2 Å². The molecule has 0 radical (unpaired) electrons. The Kier molecular flexibility index (Phi) is 6.62. The quantitative estimate of drug-likeness (QED) is 0.134. The van der Waals surface area contributed by atoms with Crippen LogP contribution in [0.4, 0.5) is 0 Å². The van der Waals surface area contributed by atoms with E-state index < -0.39 is 0 Å². The van der Waals surface area contributed by atoms with E-state index in [1.165, 1.54) is 87.6 Å². The largest absolute Gasteiger partial charge is 0.456 e. The van der Waals surface area contributed by atoms with Crippen LogP contribution in [0.25, 0.3) is 110 Å². The molecule has 0 aliphatic heterocycles. The predicted octanol–water partition coefficient (Wildman–Crippen LogP) is 14.9. The third-order valence-corrected chi connectivity index (χ3v) is 11.1. The second kappa shape index (κ2) is 11.8. The minimum Gasteiger partial charge on any atom is -0.456 e. The molecule has 0 bridgehead atoms. The van der Waals surface area contributed by atoms with Gasteiger partial charge in [0.15, 0.2) is 0 Å². The molecular formula is C52H32O. The van der Waals surface area contributed by atoms with Crippen molar-refractivity contribution >= 4 is 65.0 Å². The highest BCUT2D eigenvalue weighted by Crippen LogP contribution is 2.49. The molecule has 1 aromatic heterocycles. The van der Waals surface area contributed by atoms with Crippen molar-refractivity contribution in [2.45, 2.75) is 0 Å². The Morgan fingerprint density at radius 1 is 0.264 bits per heavy atom. The van der Waals surface area contributed by atoms with Crippen LogP contribution < -0.4 is 0 Å². The summed E-state index contributed by atoms with van der Waals surface area (Å²) in [7, 11) is 0. The molecule has 0 aliphatic carbocycles. The Hall–Kier alpha value is -6.96. The van der Waals surface area contributed by atoms with Crippen molar-refractivity contribution in [2.24, 2.45) is 0 Å². The standard InChI is InChI=1S/C52H32O/c1-3-14-33(15-4-1)36-29-31-47-46(32-36)52-45(26-13-27-48(52)53-47)51-43-21-9-7-19-41(43)50(42-20-8-10-22-44(42)51)40-25-12-24-39-38(40)30-28-35-18-11-23-37(49(35)39)34-16-5-2-6-17-34/h1-32H. The smallest absolute Gasteiger partial charge is 0.136 e. The van der Waals surface area contributed by atoms with Gasteiger partial charge in [0, 0.05) is 10.8 Å². The fraction of sp³-hybridized carbons (Fsp3) is 0. The van der Waals surface area contributed by atoms with Gasteiger partial charge in [-0.25, -0.2) is 0 Å². The summed E-state index contributed by atoms with van der Waals surface area (Å²) < 4.78 is 6.55. The van der Waals surface area contributed by atoms with Gasteiger partial charge in [0.25, 0.3) is 0 Å². The molecule has 0 atom stereocenters. The zero-order chi connectivity index (χ0) is 34.9. The zero-order valence-electron chi connectivity index (χ0n) is 28.9. The van der Waals surface area contributed by atoms with Crippen molar-refractivity contribution in [1.29, 1.82) is 0 Å². The summed E-state index contributed by atoms with van der Waals surface area (Å²) in [5, 5.41) is 12.3. The maximum atomic E-state index is 6.55. The normalized spacial score (nSPS) is 11.8. The van der Waals surface area contributed by atoms with Crippen molar-refractivity contribution < 1.29 is 4.42 Å². The first-order valence-corrected chi connectivity index (χ1v) is 18.3. The molecule has 0 amide bonds. The van der Waals surface area contributed by atoms with Gasteiger partial charge in [-0.15, -0.1) is 0 Å². The van der Waals surface area contributed by atoms with E-state index in [0.717, 1.165) is 21.9 Å². The van der Waals surface area contributed by atoms with Crippen LogP contribution in [0.5, 0.6) is 0 Å². The van der Waals surface area contributed by atoms with Crippen molar-refractivity contribution in [3.63, 3.8) is 0 Å². The third kappa shape index (κ3) is 4.58. The Balaban J connectivity index is 1.22. The van der Waals surface area contributed by atoms with E-state index in [0.29, 0.717) is 0 Å². The van der Waals surface area contributed by atoms with Crippen LogP contribution in [-0.2, 0) is 0 Å². The summed E-state index contributed by atoms with van der Waals surface area (Å²) in [6.07, 6.45) is 0. The number of rotatable bonds is 4. The second-order valence-electron chi connectivity index (χ2n) is 13.9. The first-order valence-electron chi connectivity index (χ1n) is 18.3. The molecular weight excluding hydrogens is 641 g/mol. The molecule has 0 unspecified atom stereocenters. The number of hydrogen-bond donors (Lipinski definition) is 0. The Bertz CT molecular complexity index is 3150. The summed E-state index contributed by atoms with van der Waals surface area (Å²) in [5.74, 6) is 0. The highest BCUT2D eigenvalue weighted by molar-refractivity contribution is 6.28. The molecule has 0 aliphatic rings. The molecule has 1 heterocycles. The Morgan fingerprint density at radius 3 is 1.55 bits per heavy atom. The molecule has 1 nitrogen and oxygen atoms in total. The molecule has 0 N–H and O–H groups in total. The van der Waals surface area contributed by atoms with E-state index in [4.69, 9.17) is 4.42 Å². The van der Waals surface area contributed by atoms with Gasteiger partial charge >= 0.3 is 0 Å². The lowest BCUT2D eigenvalue weighted by molar-refractivity contribution is 0.669. The first-order chi connectivity index (χ1) is 26.3. The molecule has 11 rings (SSSR count). The fourth-order valence-electron chi connectivity index (χ4n) is 8.78. The molecule has 0 fully saturated rings. The van der Waals surface area contributed by atoms with Crippen LogP contribution in [0, 0.1) is 0 Å². The molecule has 1 heteroatoms.